The minimum atomic E-state index is -11.2. The first-order chi connectivity index (χ1) is 14.8. The molecular weight excluding hydrogens is 655 g/mol. The molecule has 2 aromatic rings. The van der Waals surface area contributed by atoms with Crippen molar-refractivity contribution in [3.63, 3.8) is 0 Å². The van der Waals surface area contributed by atoms with Crippen LogP contribution in [0.15, 0.2) is 54.6 Å². The Hall–Kier alpha value is -0.632. The van der Waals surface area contributed by atoms with Crippen LogP contribution in [0.3, 0.4) is 0 Å². The van der Waals surface area contributed by atoms with E-state index in [1.807, 2.05) is 0 Å². The summed E-state index contributed by atoms with van der Waals surface area (Å²) in [5.41, 5.74) is 0. The summed E-state index contributed by atoms with van der Waals surface area (Å²) < 4.78 is 68.3. The third-order valence-electron chi connectivity index (χ3n) is 4.28. The zero-order valence-electron chi connectivity index (χ0n) is 18.3. The van der Waals surface area contributed by atoms with Crippen molar-refractivity contribution in [1.29, 1.82) is 0 Å². The van der Waals surface area contributed by atoms with E-state index in [2.05, 4.69) is 61.5 Å². The Balaban J connectivity index is 0.000000633. The molecule has 184 valence electrons. The molecule has 0 amide bonds. The van der Waals surface area contributed by atoms with E-state index in [-0.39, 0.29) is 21.2 Å². The number of benzene rings is 2. The molecule has 0 N–H and O–H groups in total. The van der Waals surface area contributed by atoms with Gasteiger partial charge in [0.1, 0.15) is 5.75 Å². The van der Waals surface area contributed by atoms with Crippen LogP contribution in [0.4, 0.5) is 16.9 Å². The van der Waals surface area contributed by atoms with E-state index >= 15 is 0 Å². The summed E-state index contributed by atoms with van der Waals surface area (Å²) in [4.78, 5) is 0. The summed E-state index contributed by atoms with van der Waals surface area (Å²) in [6.45, 7) is 3.13. The Morgan fingerprint density at radius 2 is 1.06 bits per heavy atom. The minimum absolute atomic E-state index is 0.0699. The van der Waals surface area contributed by atoms with Gasteiger partial charge >= 0.3 is 57.6 Å². The van der Waals surface area contributed by atoms with Gasteiger partial charge in [-0.05, 0) is 42.8 Å². The van der Waals surface area contributed by atoms with E-state index < -0.39 is 19.5 Å². The molecule has 0 heterocycles. The van der Waals surface area contributed by atoms with Gasteiger partial charge in [-0.1, -0.05) is 76.5 Å². The summed E-state index contributed by atoms with van der Waals surface area (Å²) in [5, 5.41) is 0. The zero-order chi connectivity index (χ0) is 24.0. The van der Waals surface area contributed by atoms with E-state index in [1.165, 1.54) is 64.9 Å². The SMILES string of the molecule is CCCCCCCCCCCOc1ccc([I+]c2ccccc2)cc1.[F][Sb-]([F])([F])([F])([F])[F]. The molecule has 0 radical (unpaired) electrons. The second kappa shape index (κ2) is 13.3. The fraction of sp³-hybridized carbons (Fsp3) is 0.478. The molecule has 1 nitrogen and oxygen atoms in total. The van der Waals surface area contributed by atoms with Crippen LogP contribution < -0.4 is 25.9 Å². The van der Waals surface area contributed by atoms with E-state index in [4.69, 9.17) is 4.74 Å². The zero-order valence-corrected chi connectivity index (χ0v) is 23.0. The van der Waals surface area contributed by atoms with Gasteiger partial charge < -0.3 is 4.74 Å². The summed E-state index contributed by atoms with van der Waals surface area (Å²) >= 11 is -11.3. The molecule has 0 aromatic heterocycles. The molecule has 0 aliphatic carbocycles. The van der Waals surface area contributed by atoms with Crippen LogP contribution in [-0.2, 0) is 0 Å². The Kier molecular flexibility index (Phi) is 12.2. The molecule has 0 saturated carbocycles. The van der Waals surface area contributed by atoms with Crippen molar-refractivity contribution < 1.29 is 42.8 Å². The van der Waals surface area contributed by atoms with Crippen LogP contribution >= 0.6 is 0 Å². The Morgan fingerprint density at radius 3 is 1.56 bits per heavy atom. The van der Waals surface area contributed by atoms with Crippen molar-refractivity contribution in [2.45, 2.75) is 64.7 Å². The fourth-order valence-electron chi connectivity index (χ4n) is 2.80. The second-order valence-corrected chi connectivity index (χ2v) is 16.0. The summed E-state index contributed by atoms with van der Waals surface area (Å²) in [7, 11) is 0. The number of unbranched alkanes of at least 4 members (excludes halogenated alkanes) is 8. The molecule has 0 aliphatic heterocycles. The molecule has 0 saturated heterocycles. The molecule has 2 rings (SSSR count). The van der Waals surface area contributed by atoms with Gasteiger partial charge in [-0.3, -0.25) is 0 Å². The maximum atomic E-state index is 9.93. The van der Waals surface area contributed by atoms with Crippen LogP contribution in [0.1, 0.15) is 64.7 Å². The third-order valence-corrected chi connectivity index (χ3v) is 6.97. The summed E-state index contributed by atoms with van der Waals surface area (Å²) in [6.07, 6.45) is 12.2. The number of hydrogen-bond donors (Lipinski definition) is 0. The third kappa shape index (κ3) is 21.2. The van der Waals surface area contributed by atoms with Gasteiger partial charge in [0.2, 0.25) is 0 Å². The van der Waals surface area contributed by atoms with Crippen LogP contribution in [-0.4, -0.2) is 26.1 Å². The second-order valence-electron chi connectivity index (χ2n) is 7.48. The molecule has 0 aliphatic rings. The number of halogens is 7. The van der Waals surface area contributed by atoms with Gasteiger partial charge in [-0.2, -0.15) is 0 Å². The molecule has 0 bridgehead atoms. The van der Waals surface area contributed by atoms with Gasteiger partial charge in [0.05, 0.1) is 6.61 Å². The van der Waals surface area contributed by atoms with Gasteiger partial charge in [-0.15, -0.1) is 0 Å². The van der Waals surface area contributed by atoms with Gasteiger partial charge in [0.25, 0.3) is 0 Å². The van der Waals surface area contributed by atoms with E-state index in [0.29, 0.717) is 0 Å². The maximum absolute atomic E-state index is 11.2. The first-order valence-electron chi connectivity index (χ1n) is 10.8. The van der Waals surface area contributed by atoms with E-state index in [9.17, 15) is 16.9 Å². The van der Waals surface area contributed by atoms with Crippen molar-refractivity contribution >= 4 is 19.5 Å². The Morgan fingerprint density at radius 1 is 0.625 bits per heavy atom. The summed E-state index contributed by atoms with van der Waals surface area (Å²) in [5.74, 6) is 1.01. The molecule has 0 atom stereocenters. The van der Waals surface area contributed by atoms with Crippen molar-refractivity contribution in [3.8, 4) is 5.75 Å². The molecular formula is C23H32F6IOSb. The quantitative estimate of drug-likeness (QED) is 0.111. The van der Waals surface area contributed by atoms with Crippen LogP contribution in [0.25, 0.3) is 0 Å². The van der Waals surface area contributed by atoms with E-state index in [0.717, 1.165) is 12.4 Å². The predicted octanol–water partition coefficient (Wildman–Crippen LogP) is 5.87. The monoisotopic (exact) mass is 686 g/mol. The van der Waals surface area contributed by atoms with Crippen LogP contribution in [0, 0.1) is 7.14 Å². The fourth-order valence-corrected chi connectivity index (χ4v) is 5.01. The molecule has 2 aromatic carbocycles. The van der Waals surface area contributed by atoms with Gasteiger partial charge in [-0.25, -0.2) is 0 Å². The van der Waals surface area contributed by atoms with Crippen LogP contribution in [0.2, 0.25) is 0 Å². The first-order valence-corrected chi connectivity index (χ1v) is 18.8. The first kappa shape index (κ1) is 29.4. The number of ether oxygens (including phenoxy) is 1. The summed E-state index contributed by atoms with van der Waals surface area (Å²) in [6, 6.07) is 19.5. The van der Waals surface area contributed by atoms with Crippen LogP contribution in [0.5, 0.6) is 5.75 Å². The molecule has 0 fully saturated rings. The average Bonchev–Trinajstić information content (AvgIpc) is 2.69. The number of hydrogen-bond acceptors (Lipinski definition) is 1. The topological polar surface area (TPSA) is 9.23 Å². The van der Waals surface area contributed by atoms with Crippen molar-refractivity contribution in [3.05, 3.63) is 61.7 Å². The molecule has 32 heavy (non-hydrogen) atoms. The predicted molar refractivity (Wildman–Crippen MR) is 115 cm³/mol. The van der Waals surface area contributed by atoms with Crippen molar-refractivity contribution in [2.24, 2.45) is 0 Å². The standard InChI is InChI=1S/C23H32IO.6FH.Sb/c1-2-3-4-5-6-7-8-9-13-20-25-23-18-16-22(17-19-23)24-21-14-11-10-12-15-21;;;;;;;/h10-12,14-19H,2-9,13,20H2,1H3;6*1H;/q+1;;;;;;;+5/p-6. The normalized spacial score (nSPS) is 13.5. The van der Waals surface area contributed by atoms with Crippen molar-refractivity contribution in [1.82, 2.24) is 0 Å². The molecule has 9 heteroatoms. The average molecular weight is 687 g/mol. The van der Waals surface area contributed by atoms with Crippen molar-refractivity contribution in [2.75, 3.05) is 6.61 Å². The molecule has 0 unspecified atom stereocenters. The van der Waals surface area contributed by atoms with E-state index in [1.54, 1.807) is 0 Å². The Bertz CT molecular complexity index is 740. The molecule has 0 spiro atoms. The number of rotatable bonds is 13. The van der Waals surface area contributed by atoms with Gasteiger partial charge in [0, 0.05) is 0 Å². The Labute approximate surface area is 200 Å². The van der Waals surface area contributed by atoms with Gasteiger partial charge in [0.15, 0.2) is 7.14 Å².